The van der Waals surface area contributed by atoms with Crippen LogP contribution in [0.3, 0.4) is 0 Å². The number of nitrogens with one attached hydrogen (secondary N) is 2. The Kier molecular flexibility index (Phi) is 8.14. The molecule has 3 aromatic rings. The summed E-state index contributed by atoms with van der Waals surface area (Å²) in [7, 11) is 0. The predicted octanol–water partition coefficient (Wildman–Crippen LogP) is 7.14. The molecule has 7 nitrogen and oxygen atoms in total. The van der Waals surface area contributed by atoms with Gasteiger partial charge in [-0.1, -0.05) is 33.6 Å². The first-order valence-corrected chi connectivity index (χ1v) is 13.3. The first kappa shape index (κ1) is 25.3. The number of aryl methyl sites for hydroxylation is 2. The smallest absolute Gasteiger partial charge is 0.224 e. The Morgan fingerprint density at radius 1 is 1.06 bits per heavy atom. The van der Waals surface area contributed by atoms with E-state index in [0.717, 1.165) is 64.8 Å². The molecule has 2 atom stereocenters. The Labute approximate surface area is 209 Å². The van der Waals surface area contributed by atoms with Crippen LogP contribution in [0.15, 0.2) is 16.5 Å². The highest BCUT2D eigenvalue weighted by Gasteiger charge is 2.28. The van der Waals surface area contributed by atoms with Crippen LogP contribution >= 0.6 is 0 Å². The van der Waals surface area contributed by atoms with Crippen LogP contribution in [0.4, 0.5) is 11.8 Å². The monoisotopic (exact) mass is 479 g/mol. The SMILES string of the molecule is CCCCCNc1nc(C)c(-c2cc3cc(OCC)nc(C)c3o2)c(NC2CCC(C(C)C)C2)n1. The first-order chi connectivity index (χ1) is 16.9. The lowest BCUT2D eigenvalue weighted by atomic mass is 9.94. The molecule has 1 fully saturated rings. The van der Waals surface area contributed by atoms with E-state index in [1.807, 2.05) is 26.8 Å². The van der Waals surface area contributed by atoms with Gasteiger partial charge in [-0.25, -0.2) is 9.97 Å². The highest BCUT2D eigenvalue weighted by molar-refractivity contribution is 5.88. The van der Waals surface area contributed by atoms with E-state index in [2.05, 4.69) is 42.5 Å². The fourth-order valence-corrected chi connectivity index (χ4v) is 5.09. The number of pyridine rings is 1. The Morgan fingerprint density at radius 2 is 1.89 bits per heavy atom. The summed E-state index contributed by atoms with van der Waals surface area (Å²) < 4.78 is 12.0. The zero-order valence-electron chi connectivity index (χ0n) is 22.2. The Hall–Kier alpha value is -2.83. The molecule has 190 valence electrons. The van der Waals surface area contributed by atoms with Crippen molar-refractivity contribution in [3.05, 3.63) is 23.5 Å². The third-order valence-electron chi connectivity index (χ3n) is 7.10. The molecule has 0 bridgehead atoms. The normalized spacial score (nSPS) is 17.9. The van der Waals surface area contributed by atoms with Gasteiger partial charge in [0.15, 0.2) is 5.58 Å². The van der Waals surface area contributed by atoms with Crippen molar-refractivity contribution >= 4 is 22.7 Å². The summed E-state index contributed by atoms with van der Waals surface area (Å²) in [6.07, 6.45) is 7.08. The van der Waals surface area contributed by atoms with Crippen LogP contribution < -0.4 is 15.4 Å². The van der Waals surface area contributed by atoms with Gasteiger partial charge in [0, 0.05) is 24.0 Å². The zero-order valence-corrected chi connectivity index (χ0v) is 22.2. The number of aromatic nitrogens is 3. The van der Waals surface area contributed by atoms with Crippen LogP contribution in [0.25, 0.3) is 22.3 Å². The maximum atomic E-state index is 6.36. The lowest BCUT2D eigenvalue weighted by Gasteiger charge is -2.19. The molecule has 0 amide bonds. The number of furan rings is 1. The van der Waals surface area contributed by atoms with Gasteiger partial charge in [0.25, 0.3) is 0 Å². The van der Waals surface area contributed by atoms with E-state index in [9.17, 15) is 0 Å². The average molecular weight is 480 g/mol. The number of fused-ring (bicyclic) bond motifs is 1. The summed E-state index contributed by atoms with van der Waals surface area (Å²) in [4.78, 5) is 14.3. The number of anilines is 2. The molecule has 0 spiro atoms. The van der Waals surface area contributed by atoms with E-state index in [1.165, 1.54) is 25.7 Å². The second-order valence-electron chi connectivity index (χ2n) is 10.2. The molecule has 3 aromatic heterocycles. The number of hydrogen-bond donors (Lipinski definition) is 2. The minimum atomic E-state index is 0.403. The van der Waals surface area contributed by atoms with Crippen LogP contribution in [0, 0.1) is 25.7 Å². The minimum absolute atomic E-state index is 0.403. The number of hydrogen-bond acceptors (Lipinski definition) is 7. The molecule has 3 heterocycles. The highest BCUT2D eigenvalue weighted by Crippen LogP contribution is 2.39. The molecule has 2 N–H and O–H groups in total. The molecule has 0 aliphatic heterocycles. The van der Waals surface area contributed by atoms with E-state index < -0.39 is 0 Å². The summed E-state index contributed by atoms with van der Waals surface area (Å²) in [5, 5.41) is 8.18. The van der Waals surface area contributed by atoms with Gasteiger partial charge in [0.05, 0.1) is 23.6 Å². The van der Waals surface area contributed by atoms with Crippen molar-refractivity contribution in [2.75, 3.05) is 23.8 Å². The zero-order chi connectivity index (χ0) is 24.9. The van der Waals surface area contributed by atoms with Gasteiger partial charge in [-0.3, -0.25) is 0 Å². The molecular weight excluding hydrogens is 438 g/mol. The number of rotatable bonds is 11. The van der Waals surface area contributed by atoms with Crippen molar-refractivity contribution in [3.8, 4) is 17.2 Å². The third kappa shape index (κ3) is 5.88. The lowest BCUT2D eigenvalue weighted by molar-refractivity contribution is 0.326. The third-order valence-corrected chi connectivity index (χ3v) is 7.10. The maximum Gasteiger partial charge on any atom is 0.224 e. The lowest BCUT2D eigenvalue weighted by Crippen LogP contribution is -2.19. The fraction of sp³-hybridized carbons (Fsp3) is 0.607. The van der Waals surface area contributed by atoms with Gasteiger partial charge in [-0.05, 0) is 64.4 Å². The second kappa shape index (κ2) is 11.3. The summed E-state index contributed by atoms with van der Waals surface area (Å²) >= 11 is 0. The van der Waals surface area contributed by atoms with Crippen molar-refractivity contribution in [2.45, 2.75) is 86.1 Å². The van der Waals surface area contributed by atoms with Gasteiger partial charge in [0.1, 0.15) is 11.6 Å². The minimum Gasteiger partial charge on any atom is -0.478 e. The first-order valence-electron chi connectivity index (χ1n) is 13.3. The van der Waals surface area contributed by atoms with E-state index in [0.29, 0.717) is 30.4 Å². The van der Waals surface area contributed by atoms with Crippen molar-refractivity contribution in [2.24, 2.45) is 11.8 Å². The summed E-state index contributed by atoms with van der Waals surface area (Å²) in [6.45, 7) is 14.3. The molecule has 35 heavy (non-hydrogen) atoms. The molecule has 1 saturated carbocycles. The van der Waals surface area contributed by atoms with Gasteiger partial charge < -0.3 is 19.8 Å². The standard InChI is InChI=1S/C28H41N5O2/c1-7-9-10-13-29-28-31-18(5)25(27(33-28)32-22-12-11-20(14-22)17(3)4)23-15-21-16-24(34-8-2)30-19(6)26(21)35-23/h15-17,20,22H,7-14H2,1-6H3,(H2,29,31,32,33). The second-order valence-corrected chi connectivity index (χ2v) is 10.2. The average Bonchev–Trinajstić information content (AvgIpc) is 3.44. The van der Waals surface area contributed by atoms with Crippen LogP contribution in [-0.4, -0.2) is 34.1 Å². The predicted molar refractivity (Wildman–Crippen MR) is 143 cm³/mol. The van der Waals surface area contributed by atoms with Crippen LogP contribution in [0.5, 0.6) is 5.88 Å². The highest BCUT2D eigenvalue weighted by atomic mass is 16.5. The maximum absolute atomic E-state index is 6.36. The topological polar surface area (TPSA) is 85.1 Å². The summed E-state index contributed by atoms with van der Waals surface area (Å²) in [5.41, 5.74) is 3.41. The molecule has 1 aliphatic rings. The molecule has 1 aliphatic carbocycles. The van der Waals surface area contributed by atoms with Gasteiger partial charge >= 0.3 is 0 Å². The largest absolute Gasteiger partial charge is 0.478 e. The molecular formula is C28H41N5O2. The van der Waals surface area contributed by atoms with Gasteiger partial charge in [-0.15, -0.1) is 0 Å². The van der Waals surface area contributed by atoms with Crippen molar-refractivity contribution < 1.29 is 9.15 Å². The van der Waals surface area contributed by atoms with Gasteiger partial charge in [-0.2, -0.15) is 4.98 Å². The summed E-state index contributed by atoms with van der Waals surface area (Å²) in [5.74, 6) is 4.36. The van der Waals surface area contributed by atoms with Crippen molar-refractivity contribution in [1.29, 1.82) is 0 Å². The molecule has 0 aromatic carbocycles. The van der Waals surface area contributed by atoms with Gasteiger partial charge in [0.2, 0.25) is 11.8 Å². The van der Waals surface area contributed by atoms with Crippen LogP contribution in [0.1, 0.15) is 77.6 Å². The number of ether oxygens (including phenoxy) is 1. The molecule has 7 heteroatoms. The molecule has 4 rings (SSSR count). The molecule has 0 saturated heterocycles. The Bertz CT molecular complexity index is 1140. The summed E-state index contributed by atoms with van der Waals surface area (Å²) in [6, 6.07) is 4.40. The van der Waals surface area contributed by atoms with Crippen molar-refractivity contribution in [1.82, 2.24) is 15.0 Å². The fourth-order valence-electron chi connectivity index (χ4n) is 5.09. The molecule has 2 unspecified atom stereocenters. The Morgan fingerprint density at radius 3 is 2.60 bits per heavy atom. The van der Waals surface area contributed by atoms with E-state index in [4.69, 9.17) is 19.1 Å². The van der Waals surface area contributed by atoms with E-state index in [-0.39, 0.29) is 0 Å². The quantitative estimate of drug-likeness (QED) is 0.283. The Balaban J connectivity index is 1.70. The van der Waals surface area contributed by atoms with E-state index >= 15 is 0 Å². The number of nitrogens with zero attached hydrogens (tertiary/aromatic N) is 3. The van der Waals surface area contributed by atoms with E-state index in [1.54, 1.807) is 0 Å². The van der Waals surface area contributed by atoms with Crippen LogP contribution in [0.2, 0.25) is 0 Å². The van der Waals surface area contributed by atoms with Crippen molar-refractivity contribution in [3.63, 3.8) is 0 Å². The number of unbranched alkanes of at least 4 members (excludes halogenated alkanes) is 2. The van der Waals surface area contributed by atoms with Crippen LogP contribution in [-0.2, 0) is 0 Å². The molecule has 0 radical (unpaired) electrons.